The molecule has 5 nitrogen and oxygen atoms in total. The van der Waals surface area contributed by atoms with Gasteiger partial charge in [-0.3, -0.25) is 4.79 Å². The average molecular weight is 349 g/mol. The van der Waals surface area contributed by atoms with E-state index in [2.05, 4.69) is 5.32 Å². The van der Waals surface area contributed by atoms with Crippen LogP contribution >= 0.6 is 0 Å². The summed E-state index contributed by atoms with van der Waals surface area (Å²) in [4.78, 5) is 23.5. The van der Waals surface area contributed by atoms with Gasteiger partial charge in [-0.1, -0.05) is 12.1 Å². The van der Waals surface area contributed by atoms with Gasteiger partial charge in [0.2, 0.25) is 0 Å². The highest BCUT2D eigenvalue weighted by Crippen LogP contribution is 2.16. The van der Waals surface area contributed by atoms with Crippen LogP contribution in [0.25, 0.3) is 0 Å². The van der Waals surface area contributed by atoms with Crippen molar-refractivity contribution in [2.24, 2.45) is 0 Å². The Hall–Kier alpha value is -2.96. The fraction of sp³-hybridized carbons (Fsp3) is 0.222. The Morgan fingerprint density at radius 2 is 1.92 bits per heavy atom. The van der Waals surface area contributed by atoms with Crippen molar-refractivity contribution < 1.29 is 27.8 Å². The maximum absolute atomic E-state index is 13.4. The van der Waals surface area contributed by atoms with Crippen molar-refractivity contribution in [1.82, 2.24) is 0 Å². The van der Waals surface area contributed by atoms with E-state index >= 15 is 0 Å². The van der Waals surface area contributed by atoms with Crippen molar-refractivity contribution in [2.75, 3.05) is 11.9 Å². The van der Waals surface area contributed by atoms with E-state index in [1.165, 1.54) is 6.92 Å². The monoisotopic (exact) mass is 349 g/mol. The number of halogens is 2. The van der Waals surface area contributed by atoms with Crippen LogP contribution in [0.4, 0.5) is 14.5 Å². The first-order chi connectivity index (χ1) is 11.8. The lowest BCUT2D eigenvalue weighted by molar-refractivity contribution is -0.153. The molecule has 0 spiro atoms. The number of rotatable bonds is 6. The summed E-state index contributed by atoms with van der Waals surface area (Å²) in [6, 6.07) is 9.75. The third kappa shape index (κ3) is 5.56. The normalized spacial score (nSPS) is 11.5. The number of carbonyl (C=O) groups is 2. The highest BCUT2D eigenvalue weighted by molar-refractivity contribution is 5.93. The molecule has 2 aromatic rings. The van der Waals surface area contributed by atoms with Gasteiger partial charge < -0.3 is 14.8 Å². The van der Waals surface area contributed by atoms with E-state index < -0.39 is 36.2 Å². The number of hydrogen-bond donors (Lipinski definition) is 1. The summed E-state index contributed by atoms with van der Waals surface area (Å²) in [5, 5.41) is 2.13. The fourth-order valence-corrected chi connectivity index (χ4v) is 1.97. The lowest BCUT2D eigenvalue weighted by Crippen LogP contribution is -2.29. The van der Waals surface area contributed by atoms with E-state index in [-0.39, 0.29) is 5.69 Å². The average Bonchev–Trinajstić information content (AvgIpc) is 2.56. The summed E-state index contributed by atoms with van der Waals surface area (Å²) in [5.74, 6) is -2.54. The molecule has 2 aromatic carbocycles. The second-order valence-electron chi connectivity index (χ2n) is 5.36. The number of aryl methyl sites for hydroxylation is 1. The molecule has 7 heteroatoms. The van der Waals surface area contributed by atoms with Crippen LogP contribution in [0.3, 0.4) is 0 Å². The smallest absolute Gasteiger partial charge is 0.347 e. The summed E-state index contributed by atoms with van der Waals surface area (Å²) < 4.78 is 36.7. The lowest BCUT2D eigenvalue weighted by atomic mass is 10.2. The van der Waals surface area contributed by atoms with Gasteiger partial charge in [-0.15, -0.1) is 0 Å². The topological polar surface area (TPSA) is 64.6 Å². The minimum absolute atomic E-state index is 0.329. The van der Waals surface area contributed by atoms with Gasteiger partial charge in [-0.2, -0.15) is 0 Å². The molecule has 1 N–H and O–H groups in total. The van der Waals surface area contributed by atoms with E-state index in [4.69, 9.17) is 9.47 Å². The Morgan fingerprint density at radius 3 is 2.64 bits per heavy atom. The van der Waals surface area contributed by atoms with E-state index in [9.17, 15) is 18.4 Å². The molecule has 1 atom stereocenters. The van der Waals surface area contributed by atoms with Crippen LogP contribution in [0.1, 0.15) is 12.5 Å². The van der Waals surface area contributed by atoms with Gasteiger partial charge in [0.05, 0.1) is 5.69 Å². The standard InChI is InChI=1S/C18H17F2NO4/c1-11-4-3-5-14(8-11)25-12(2)18(23)24-10-17(22)21-16-9-13(19)6-7-15(16)20/h3-9,12H,10H2,1-2H3,(H,21,22)/t12-/m0/s1. The Labute approximate surface area is 143 Å². The molecule has 0 saturated carbocycles. The summed E-state index contributed by atoms with van der Waals surface area (Å²) in [6.07, 6.45) is -0.930. The van der Waals surface area contributed by atoms with Crippen molar-refractivity contribution in [3.63, 3.8) is 0 Å². The van der Waals surface area contributed by atoms with E-state index in [1.54, 1.807) is 18.2 Å². The SMILES string of the molecule is Cc1cccc(O[C@@H](C)C(=O)OCC(=O)Nc2cc(F)ccc2F)c1. The zero-order valence-corrected chi connectivity index (χ0v) is 13.7. The molecule has 0 aliphatic heterocycles. The molecule has 0 saturated heterocycles. The second kappa shape index (κ2) is 8.23. The van der Waals surface area contributed by atoms with Gasteiger partial charge in [0.1, 0.15) is 17.4 Å². The summed E-state index contributed by atoms with van der Waals surface area (Å²) >= 11 is 0. The number of esters is 1. The molecule has 0 aliphatic carbocycles. The molecule has 0 bridgehead atoms. The third-order valence-electron chi connectivity index (χ3n) is 3.18. The molecule has 2 rings (SSSR count). The van der Waals surface area contributed by atoms with Crippen LogP contribution in [0.15, 0.2) is 42.5 Å². The van der Waals surface area contributed by atoms with Crippen molar-refractivity contribution in [2.45, 2.75) is 20.0 Å². The van der Waals surface area contributed by atoms with E-state index in [0.29, 0.717) is 5.75 Å². The van der Waals surface area contributed by atoms with Crippen LogP contribution < -0.4 is 10.1 Å². The minimum atomic E-state index is -0.930. The largest absolute Gasteiger partial charge is 0.479 e. The number of carbonyl (C=O) groups excluding carboxylic acids is 2. The predicted molar refractivity (Wildman–Crippen MR) is 87.2 cm³/mol. The van der Waals surface area contributed by atoms with Crippen molar-refractivity contribution in [3.8, 4) is 5.75 Å². The molecule has 0 aliphatic rings. The number of hydrogen-bond acceptors (Lipinski definition) is 4. The maximum Gasteiger partial charge on any atom is 0.347 e. The van der Waals surface area contributed by atoms with Gasteiger partial charge in [0.15, 0.2) is 12.7 Å². The van der Waals surface area contributed by atoms with Crippen LogP contribution in [0, 0.1) is 18.6 Å². The summed E-state index contributed by atoms with van der Waals surface area (Å²) in [7, 11) is 0. The van der Waals surface area contributed by atoms with Crippen LogP contribution in [0.5, 0.6) is 5.75 Å². The highest BCUT2D eigenvalue weighted by atomic mass is 19.1. The van der Waals surface area contributed by atoms with E-state index in [0.717, 1.165) is 23.8 Å². The van der Waals surface area contributed by atoms with E-state index in [1.807, 2.05) is 13.0 Å². The first-order valence-electron chi connectivity index (χ1n) is 7.50. The van der Waals surface area contributed by atoms with Gasteiger partial charge in [-0.05, 0) is 43.7 Å². The molecule has 1 amide bonds. The Morgan fingerprint density at radius 1 is 1.16 bits per heavy atom. The summed E-state index contributed by atoms with van der Waals surface area (Å²) in [5.41, 5.74) is 0.639. The predicted octanol–water partition coefficient (Wildman–Crippen LogP) is 3.22. The number of anilines is 1. The zero-order valence-electron chi connectivity index (χ0n) is 13.7. The van der Waals surface area contributed by atoms with Crippen molar-refractivity contribution in [1.29, 1.82) is 0 Å². The third-order valence-corrected chi connectivity index (χ3v) is 3.18. The number of nitrogens with one attached hydrogen (secondary N) is 1. The lowest BCUT2D eigenvalue weighted by Gasteiger charge is -2.14. The molecular weight excluding hydrogens is 332 g/mol. The molecule has 25 heavy (non-hydrogen) atoms. The Bertz CT molecular complexity index is 779. The Balaban J connectivity index is 1.84. The number of amides is 1. The molecule has 132 valence electrons. The number of benzene rings is 2. The Kier molecular flexibility index (Phi) is 6.05. The van der Waals surface area contributed by atoms with Gasteiger partial charge in [0, 0.05) is 6.07 Å². The molecule has 0 aromatic heterocycles. The highest BCUT2D eigenvalue weighted by Gasteiger charge is 2.18. The quantitative estimate of drug-likeness (QED) is 0.814. The van der Waals surface area contributed by atoms with Crippen LogP contribution in [0.2, 0.25) is 0 Å². The first-order valence-corrected chi connectivity index (χ1v) is 7.50. The second-order valence-corrected chi connectivity index (χ2v) is 5.36. The maximum atomic E-state index is 13.4. The van der Waals surface area contributed by atoms with Gasteiger partial charge in [0.25, 0.3) is 5.91 Å². The molecule has 0 heterocycles. The summed E-state index contributed by atoms with van der Waals surface area (Å²) in [6.45, 7) is 2.72. The molecule has 0 unspecified atom stereocenters. The molecular formula is C18H17F2NO4. The molecule has 0 fully saturated rings. The fourth-order valence-electron chi connectivity index (χ4n) is 1.97. The van der Waals surface area contributed by atoms with Crippen LogP contribution in [-0.4, -0.2) is 24.6 Å². The van der Waals surface area contributed by atoms with Gasteiger partial charge in [-0.25, -0.2) is 13.6 Å². The molecule has 0 radical (unpaired) electrons. The number of ether oxygens (including phenoxy) is 2. The van der Waals surface area contributed by atoms with Gasteiger partial charge >= 0.3 is 5.97 Å². The minimum Gasteiger partial charge on any atom is -0.479 e. The van der Waals surface area contributed by atoms with Crippen molar-refractivity contribution >= 4 is 17.6 Å². The van der Waals surface area contributed by atoms with Crippen LogP contribution in [-0.2, 0) is 14.3 Å². The first kappa shape index (κ1) is 18.4. The zero-order chi connectivity index (χ0) is 18.4. The van der Waals surface area contributed by atoms with Crippen molar-refractivity contribution in [3.05, 3.63) is 59.7 Å².